The highest BCUT2D eigenvalue weighted by atomic mass is 32.2. The average Bonchev–Trinajstić information content (AvgIpc) is 3.14. The Morgan fingerprint density at radius 1 is 1.21 bits per heavy atom. The number of nitrogens with zero attached hydrogens (tertiary/aromatic N) is 1. The first-order chi connectivity index (χ1) is 13.7. The highest BCUT2D eigenvalue weighted by molar-refractivity contribution is 7.88. The lowest BCUT2D eigenvalue weighted by Crippen LogP contribution is -2.28. The van der Waals surface area contributed by atoms with E-state index in [0.29, 0.717) is 22.6 Å². The number of hydrogen-bond donors (Lipinski definition) is 1. The Hall–Kier alpha value is -2.74. The van der Waals surface area contributed by atoms with Gasteiger partial charge in [-0.3, -0.25) is 4.79 Å². The van der Waals surface area contributed by atoms with Crippen molar-refractivity contribution in [3.8, 4) is 11.8 Å². The van der Waals surface area contributed by atoms with E-state index < -0.39 is 28.7 Å². The molecule has 154 valence electrons. The van der Waals surface area contributed by atoms with Crippen LogP contribution in [-0.4, -0.2) is 45.7 Å². The van der Waals surface area contributed by atoms with E-state index in [1.165, 1.54) is 18.3 Å². The van der Waals surface area contributed by atoms with Crippen molar-refractivity contribution in [2.75, 3.05) is 19.4 Å². The maximum absolute atomic E-state index is 12.2. The van der Waals surface area contributed by atoms with Crippen LogP contribution in [0.2, 0.25) is 0 Å². The van der Waals surface area contributed by atoms with Crippen LogP contribution in [-0.2, 0) is 26.0 Å². The quantitative estimate of drug-likeness (QED) is 0.446. The molecular formula is C19H20N2O6S2. The van der Waals surface area contributed by atoms with Gasteiger partial charge >= 0.3 is 5.97 Å². The molecule has 0 spiro atoms. The smallest absolute Gasteiger partial charge is 0.347 e. The molecule has 0 saturated heterocycles. The maximum Gasteiger partial charge on any atom is 0.347 e. The minimum atomic E-state index is -3.25. The van der Waals surface area contributed by atoms with Crippen LogP contribution in [0.15, 0.2) is 36.4 Å². The molecule has 0 aliphatic rings. The first-order valence-electron chi connectivity index (χ1n) is 8.58. The van der Waals surface area contributed by atoms with Crippen LogP contribution in [0, 0.1) is 11.3 Å². The van der Waals surface area contributed by atoms with Crippen LogP contribution in [0.3, 0.4) is 0 Å². The normalized spacial score (nSPS) is 12.0. The van der Waals surface area contributed by atoms with Gasteiger partial charge in [0, 0.05) is 11.4 Å². The number of rotatable bonds is 10. The predicted molar refractivity (Wildman–Crippen MR) is 107 cm³/mol. The van der Waals surface area contributed by atoms with Gasteiger partial charge in [-0.1, -0.05) is 0 Å². The molecular weight excluding hydrogens is 416 g/mol. The van der Waals surface area contributed by atoms with E-state index in [-0.39, 0.29) is 12.3 Å². The van der Waals surface area contributed by atoms with Crippen LogP contribution < -0.4 is 9.46 Å². The molecule has 1 atom stereocenters. The number of carbonyl (C=O) groups excluding carboxylic acids is 2. The third kappa shape index (κ3) is 7.65. The molecule has 10 heteroatoms. The predicted octanol–water partition coefficient (Wildman–Crippen LogP) is 1.90. The number of sulfonamides is 1. The van der Waals surface area contributed by atoms with Crippen molar-refractivity contribution < 1.29 is 27.5 Å². The number of ether oxygens (including phenoxy) is 2. The summed E-state index contributed by atoms with van der Waals surface area (Å²) in [5, 5.41) is 8.77. The molecule has 2 rings (SSSR count). The molecule has 2 aromatic rings. The molecule has 0 amide bonds. The Morgan fingerprint density at radius 2 is 1.90 bits per heavy atom. The fourth-order valence-corrected chi connectivity index (χ4v) is 3.61. The Morgan fingerprint density at radius 3 is 2.52 bits per heavy atom. The second-order valence-corrected chi connectivity index (χ2v) is 9.11. The van der Waals surface area contributed by atoms with Crippen molar-refractivity contribution >= 4 is 33.1 Å². The number of benzene rings is 1. The van der Waals surface area contributed by atoms with Crippen molar-refractivity contribution in [2.45, 2.75) is 19.4 Å². The third-order valence-corrected chi connectivity index (χ3v) is 5.56. The lowest BCUT2D eigenvalue weighted by Gasteiger charge is -2.13. The number of nitrogens with one attached hydrogen (secondary N) is 1. The van der Waals surface area contributed by atoms with Gasteiger partial charge in [0.2, 0.25) is 15.8 Å². The van der Waals surface area contributed by atoms with Crippen molar-refractivity contribution in [2.24, 2.45) is 0 Å². The minimum Gasteiger partial charge on any atom is -0.479 e. The SMILES string of the molecule is CC(Oc1ccc(C#N)cc1)C(=O)OCC(=O)c1ccc(CCNS(C)(=O)=O)s1. The lowest BCUT2D eigenvalue weighted by atomic mass is 10.2. The van der Waals surface area contributed by atoms with Crippen molar-refractivity contribution in [1.82, 2.24) is 4.72 Å². The maximum atomic E-state index is 12.2. The topological polar surface area (TPSA) is 123 Å². The molecule has 8 nitrogen and oxygen atoms in total. The number of Topliss-reactive ketones (excluding diaryl/α,β-unsaturated/α-hetero) is 1. The summed E-state index contributed by atoms with van der Waals surface area (Å²) in [6.07, 6.45) is 0.619. The summed E-state index contributed by atoms with van der Waals surface area (Å²) in [7, 11) is -3.25. The van der Waals surface area contributed by atoms with E-state index in [4.69, 9.17) is 14.7 Å². The summed E-state index contributed by atoms with van der Waals surface area (Å²) in [5.41, 5.74) is 0.473. The third-order valence-electron chi connectivity index (χ3n) is 3.65. The number of carbonyl (C=O) groups is 2. The van der Waals surface area contributed by atoms with Gasteiger partial charge in [-0.05, 0) is 49.7 Å². The molecule has 0 aliphatic heterocycles. The molecule has 29 heavy (non-hydrogen) atoms. The monoisotopic (exact) mass is 436 g/mol. The fourth-order valence-electron chi connectivity index (χ4n) is 2.21. The van der Waals surface area contributed by atoms with Crippen molar-refractivity contribution in [3.05, 3.63) is 51.7 Å². The summed E-state index contributed by atoms with van der Waals surface area (Å²) < 4.78 is 34.9. The Balaban J connectivity index is 1.80. The molecule has 0 bridgehead atoms. The van der Waals surface area contributed by atoms with Crippen LogP contribution in [0.5, 0.6) is 5.75 Å². The second kappa shape index (κ2) is 10.2. The standard InChI is InChI=1S/C19H20N2O6S2/c1-13(27-15-5-3-14(11-20)4-6-15)19(23)26-12-17(22)18-8-7-16(28-18)9-10-21-29(2,24)25/h3-8,13,21H,9-10,12H2,1-2H3. The molecule has 1 aromatic carbocycles. The van der Waals surface area contributed by atoms with Crippen LogP contribution in [0.4, 0.5) is 0 Å². The van der Waals surface area contributed by atoms with Gasteiger partial charge in [-0.25, -0.2) is 17.9 Å². The summed E-state index contributed by atoms with van der Waals surface area (Å²) in [6, 6.07) is 11.6. The Bertz CT molecular complexity index is 1010. The zero-order valence-corrected chi connectivity index (χ0v) is 17.5. The molecule has 0 radical (unpaired) electrons. The highest BCUT2D eigenvalue weighted by Crippen LogP contribution is 2.18. The van der Waals surface area contributed by atoms with E-state index >= 15 is 0 Å². The van der Waals surface area contributed by atoms with E-state index in [2.05, 4.69) is 4.72 Å². The summed E-state index contributed by atoms with van der Waals surface area (Å²) in [5.74, 6) is -0.626. The molecule has 1 aromatic heterocycles. The molecule has 1 heterocycles. The van der Waals surface area contributed by atoms with Crippen LogP contribution in [0.1, 0.15) is 27.0 Å². The summed E-state index contributed by atoms with van der Waals surface area (Å²) in [6.45, 7) is 1.33. The highest BCUT2D eigenvalue weighted by Gasteiger charge is 2.19. The van der Waals surface area contributed by atoms with E-state index in [9.17, 15) is 18.0 Å². The Labute approximate surface area is 173 Å². The minimum absolute atomic E-state index is 0.242. The second-order valence-electron chi connectivity index (χ2n) is 6.11. The summed E-state index contributed by atoms with van der Waals surface area (Å²) >= 11 is 1.22. The first kappa shape index (κ1) is 22.5. The zero-order chi connectivity index (χ0) is 21.4. The molecule has 0 saturated carbocycles. The average molecular weight is 437 g/mol. The van der Waals surface area contributed by atoms with Gasteiger partial charge in [-0.2, -0.15) is 5.26 Å². The number of ketones is 1. The van der Waals surface area contributed by atoms with E-state index in [1.54, 1.807) is 36.4 Å². The number of thiophene rings is 1. The number of hydrogen-bond acceptors (Lipinski definition) is 8. The number of esters is 1. The number of nitriles is 1. The van der Waals surface area contributed by atoms with Gasteiger partial charge < -0.3 is 9.47 Å². The lowest BCUT2D eigenvalue weighted by molar-refractivity contribution is -0.149. The molecule has 1 unspecified atom stereocenters. The van der Waals surface area contributed by atoms with Gasteiger partial charge in [0.15, 0.2) is 12.7 Å². The van der Waals surface area contributed by atoms with Crippen LogP contribution >= 0.6 is 11.3 Å². The Kier molecular flexibility index (Phi) is 7.90. The zero-order valence-electron chi connectivity index (χ0n) is 15.9. The summed E-state index contributed by atoms with van der Waals surface area (Å²) in [4.78, 5) is 25.5. The molecule has 0 fully saturated rings. The van der Waals surface area contributed by atoms with E-state index in [1.807, 2.05) is 6.07 Å². The van der Waals surface area contributed by atoms with Gasteiger partial charge in [0.1, 0.15) is 5.75 Å². The van der Waals surface area contributed by atoms with E-state index in [0.717, 1.165) is 11.1 Å². The van der Waals surface area contributed by atoms with Gasteiger partial charge in [0.25, 0.3) is 0 Å². The van der Waals surface area contributed by atoms with Crippen molar-refractivity contribution in [3.63, 3.8) is 0 Å². The largest absolute Gasteiger partial charge is 0.479 e. The first-order valence-corrected chi connectivity index (χ1v) is 11.3. The molecule has 0 aliphatic carbocycles. The van der Waals surface area contributed by atoms with Gasteiger partial charge in [-0.15, -0.1) is 11.3 Å². The van der Waals surface area contributed by atoms with Crippen LogP contribution in [0.25, 0.3) is 0 Å². The van der Waals surface area contributed by atoms with Crippen molar-refractivity contribution in [1.29, 1.82) is 5.26 Å². The fraction of sp³-hybridized carbons (Fsp3) is 0.316. The molecule has 1 N–H and O–H groups in total. The van der Waals surface area contributed by atoms with Gasteiger partial charge in [0.05, 0.1) is 22.8 Å².